The van der Waals surface area contributed by atoms with Crippen molar-refractivity contribution in [3.05, 3.63) is 27.8 Å². The third-order valence-electron chi connectivity index (χ3n) is 2.65. The summed E-state index contributed by atoms with van der Waals surface area (Å²) >= 11 is 6.72. The van der Waals surface area contributed by atoms with E-state index in [9.17, 15) is 9.50 Å². The number of benzene rings is 1. The Balaban J connectivity index is 2.10. The molecule has 100 valence electrons. The van der Waals surface area contributed by atoms with E-state index < -0.39 is 5.82 Å². The van der Waals surface area contributed by atoms with Gasteiger partial charge in [-0.1, -0.05) is 11.6 Å². The fraction of sp³-hybridized carbons (Fsp3) is 0.273. The van der Waals surface area contributed by atoms with Crippen molar-refractivity contribution in [3.63, 3.8) is 0 Å². The second-order valence-electron chi connectivity index (χ2n) is 4.15. The molecule has 1 atom stereocenters. The van der Waals surface area contributed by atoms with Crippen molar-refractivity contribution in [1.29, 1.82) is 0 Å². The summed E-state index contributed by atoms with van der Waals surface area (Å²) in [6, 6.07) is 2.69. The van der Waals surface area contributed by atoms with Crippen LogP contribution in [0.1, 0.15) is 6.92 Å². The topological polar surface area (TPSA) is 59.6 Å². The smallest absolute Gasteiger partial charge is 0.310 e. The van der Waals surface area contributed by atoms with Gasteiger partial charge >= 0.3 is 6.01 Å². The van der Waals surface area contributed by atoms with E-state index in [-0.39, 0.29) is 22.6 Å². The van der Waals surface area contributed by atoms with Crippen molar-refractivity contribution >= 4 is 28.8 Å². The summed E-state index contributed by atoms with van der Waals surface area (Å²) in [7, 11) is 0. The van der Waals surface area contributed by atoms with Gasteiger partial charge in [0.15, 0.2) is 5.82 Å². The molecule has 0 spiro atoms. The second-order valence-corrected chi connectivity index (χ2v) is 5.29. The van der Waals surface area contributed by atoms with E-state index >= 15 is 0 Å². The third-order valence-corrected chi connectivity index (χ3v) is 3.67. The molecule has 0 radical (unpaired) electrons. The third kappa shape index (κ3) is 2.19. The van der Waals surface area contributed by atoms with Crippen LogP contribution in [0.15, 0.2) is 17.1 Å². The number of nitrogens with zero attached hydrogens (tertiary/aromatic N) is 3. The van der Waals surface area contributed by atoms with E-state index in [2.05, 4.69) is 9.37 Å². The minimum Gasteiger partial charge on any atom is -0.506 e. The van der Waals surface area contributed by atoms with Gasteiger partial charge in [-0.3, -0.25) is 4.57 Å². The molecule has 5 nitrogen and oxygen atoms in total. The molecule has 1 aromatic heterocycles. The lowest BCUT2D eigenvalue weighted by atomic mass is 10.3. The molecule has 8 heteroatoms. The van der Waals surface area contributed by atoms with Crippen LogP contribution in [0.3, 0.4) is 0 Å². The molecular weight excluding hydrogens is 293 g/mol. The highest BCUT2D eigenvalue weighted by Gasteiger charge is 2.22. The highest BCUT2D eigenvalue weighted by molar-refractivity contribution is 7.02. The zero-order valence-electron chi connectivity index (χ0n) is 9.80. The van der Waals surface area contributed by atoms with Crippen LogP contribution in [0.2, 0.25) is 5.02 Å². The first-order chi connectivity index (χ1) is 9.04. The summed E-state index contributed by atoms with van der Waals surface area (Å²) in [5, 5.41) is 9.44. The van der Waals surface area contributed by atoms with Crippen molar-refractivity contribution in [2.24, 2.45) is 4.99 Å². The Morgan fingerprint density at radius 1 is 1.63 bits per heavy atom. The molecule has 0 saturated heterocycles. The van der Waals surface area contributed by atoms with Crippen LogP contribution in [0.4, 0.5) is 10.1 Å². The molecule has 1 aliphatic heterocycles. The SMILES string of the molecule is CC1Cn2c(ns/c2=N/c2cc(O)c(Cl)cc2F)O1. The van der Waals surface area contributed by atoms with Gasteiger partial charge in [-0.2, -0.15) is 0 Å². The number of ether oxygens (including phenoxy) is 1. The standard InChI is InChI=1S/C11H9ClFN3O2S/c1-5-4-16-10(18-5)15-19-11(16)14-8-3-9(17)6(12)2-7(8)13/h2-3,5,17H,4H2,1H3/b14-11+. The summed E-state index contributed by atoms with van der Waals surface area (Å²) in [6.45, 7) is 2.53. The van der Waals surface area contributed by atoms with Crippen LogP contribution in [0.25, 0.3) is 0 Å². The van der Waals surface area contributed by atoms with E-state index in [1.54, 1.807) is 4.57 Å². The first-order valence-corrected chi connectivity index (χ1v) is 6.65. The molecule has 1 N–H and O–H groups in total. The Morgan fingerprint density at radius 3 is 3.21 bits per heavy atom. The molecule has 0 bridgehead atoms. The van der Waals surface area contributed by atoms with E-state index in [4.69, 9.17) is 16.3 Å². The highest BCUT2D eigenvalue weighted by atomic mass is 35.5. The summed E-state index contributed by atoms with van der Waals surface area (Å²) < 4.78 is 25.0. The van der Waals surface area contributed by atoms with Crippen molar-refractivity contribution in [2.75, 3.05) is 0 Å². The van der Waals surface area contributed by atoms with Gasteiger partial charge in [-0.05, 0) is 13.0 Å². The van der Waals surface area contributed by atoms with Crippen molar-refractivity contribution in [2.45, 2.75) is 19.6 Å². The number of hydrogen-bond acceptors (Lipinski definition) is 5. The Bertz CT molecular complexity index is 712. The van der Waals surface area contributed by atoms with Crippen molar-refractivity contribution in [3.8, 4) is 11.8 Å². The predicted molar refractivity (Wildman–Crippen MR) is 68.5 cm³/mol. The summed E-state index contributed by atoms with van der Waals surface area (Å²) in [6.07, 6.45) is 0.0216. The van der Waals surface area contributed by atoms with Crippen molar-refractivity contribution < 1.29 is 14.2 Å². The Labute approximate surface area is 116 Å². The van der Waals surface area contributed by atoms with Gasteiger partial charge in [0.25, 0.3) is 0 Å². The molecule has 0 saturated carbocycles. The van der Waals surface area contributed by atoms with Crippen LogP contribution >= 0.6 is 23.1 Å². The van der Waals surface area contributed by atoms with Gasteiger partial charge < -0.3 is 9.84 Å². The molecule has 2 aromatic rings. The Morgan fingerprint density at radius 2 is 2.42 bits per heavy atom. The van der Waals surface area contributed by atoms with Gasteiger partial charge in [0, 0.05) is 17.6 Å². The predicted octanol–water partition coefficient (Wildman–Crippen LogP) is 2.46. The van der Waals surface area contributed by atoms with E-state index in [0.717, 1.165) is 17.6 Å². The molecule has 0 amide bonds. The Kier molecular flexibility index (Phi) is 2.94. The number of phenolic OH excluding ortho intramolecular Hbond substituents is 1. The summed E-state index contributed by atoms with van der Waals surface area (Å²) in [5.41, 5.74) is 0.0143. The van der Waals surface area contributed by atoms with E-state index in [1.807, 2.05) is 6.92 Å². The first-order valence-electron chi connectivity index (χ1n) is 5.50. The molecule has 1 aliphatic rings. The zero-order chi connectivity index (χ0) is 13.6. The zero-order valence-corrected chi connectivity index (χ0v) is 11.4. The number of hydrogen-bond donors (Lipinski definition) is 1. The maximum atomic E-state index is 13.7. The highest BCUT2D eigenvalue weighted by Crippen LogP contribution is 2.30. The number of phenols is 1. The van der Waals surface area contributed by atoms with Gasteiger partial charge in [0.2, 0.25) is 4.80 Å². The van der Waals surface area contributed by atoms with E-state index in [1.165, 1.54) is 6.07 Å². The van der Waals surface area contributed by atoms with Crippen LogP contribution < -0.4 is 9.54 Å². The van der Waals surface area contributed by atoms with Crippen molar-refractivity contribution in [1.82, 2.24) is 8.94 Å². The van der Waals surface area contributed by atoms with Crippen LogP contribution in [0.5, 0.6) is 11.8 Å². The number of rotatable bonds is 1. The largest absolute Gasteiger partial charge is 0.506 e. The minimum absolute atomic E-state index is 0.0143. The van der Waals surface area contributed by atoms with E-state index in [0.29, 0.717) is 17.4 Å². The number of aromatic hydroxyl groups is 1. The second kappa shape index (κ2) is 4.50. The fourth-order valence-corrected chi connectivity index (χ4v) is 2.61. The van der Waals surface area contributed by atoms with Gasteiger partial charge in [0.05, 0.1) is 11.6 Å². The number of fused-ring (bicyclic) bond motifs is 1. The quantitative estimate of drug-likeness (QED) is 0.880. The molecule has 0 aliphatic carbocycles. The fourth-order valence-electron chi connectivity index (χ4n) is 1.77. The molecule has 1 unspecified atom stereocenters. The normalized spacial score (nSPS) is 18.5. The molecular formula is C11H9ClFN3O2S. The van der Waals surface area contributed by atoms with Crippen LogP contribution in [0, 0.1) is 5.82 Å². The maximum Gasteiger partial charge on any atom is 0.310 e. The molecule has 19 heavy (non-hydrogen) atoms. The minimum atomic E-state index is -0.600. The lowest BCUT2D eigenvalue weighted by Crippen LogP contribution is -2.15. The van der Waals surface area contributed by atoms with Gasteiger partial charge in [-0.15, -0.1) is 4.37 Å². The Hall–Kier alpha value is -1.60. The maximum absolute atomic E-state index is 13.7. The average Bonchev–Trinajstić information content (AvgIpc) is 2.87. The van der Waals surface area contributed by atoms with Gasteiger partial charge in [-0.25, -0.2) is 9.38 Å². The summed E-state index contributed by atoms with van der Waals surface area (Å²) in [4.78, 5) is 4.67. The van der Waals surface area contributed by atoms with Gasteiger partial charge in [0.1, 0.15) is 17.5 Å². The average molecular weight is 302 g/mol. The number of halogens is 2. The molecule has 3 rings (SSSR count). The lowest BCUT2D eigenvalue weighted by molar-refractivity contribution is 0.247. The number of aromatic nitrogens is 2. The van der Waals surface area contributed by atoms with Crippen LogP contribution in [-0.2, 0) is 6.54 Å². The molecule has 1 aromatic carbocycles. The molecule has 2 heterocycles. The first kappa shape index (κ1) is 12.4. The monoisotopic (exact) mass is 301 g/mol. The summed E-state index contributed by atoms with van der Waals surface area (Å²) in [5.74, 6) is -0.810. The van der Waals surface area contributed by atoms with Crippen LogP contribution in [-0.4, -0.2) is 20.2 Å². The molecule has 0 fully saturated rings. The lowest BCUT2D eigenvalue weighted by Gasteiger charge is -2.00.